The second kappa shape index (κ2) is 8.45. The molecule has 7 rings (SSSR count). The number of likely N-dealkylation sites (tertiary alicyclic amines) is 1. The number of Topliss-reactive ketones (excluding diaryl/α,β-unsaturated/α-hetero) is 1. The zero-order chi connectivity index (χ0) is 24.3. The van der Waals surface area contributed by atoms with Crippen LogP contribution in [0.5, 0.6) is 0 Å². The molecule has 178 valence electrons. The van der Waals surface area contributed by atoms with E-state index >= 15 is 0 Å². The largest absolute Gasteiger partial charge is 0.456 e. The van der Waals surface area contributed by atoms with Crippen LogP contribution in [-0.4, -0.2) is 41.1 Å². The van der Waals surface area contributed by atoms with Gasteiger partial charge in [0.05, 0.1) is 11.8 Å². The molecule has 6 nitrogen and oxygen atoms in total. The van der Waals surface area contributed by atoms with Crippen LogP contribution >= 0.6 is 11.6 Å². The van der Waals surface area contributed by atoms with Gasteiger partial charge in [0.15, 0.2) is 12.4 Å². The fourth-order valence-electron chi connectivity index (χ4n) is 6.36. The molecule has 1 heterocycles. The summed E-state index contributed by atoms with van der Waals surface area (Å²) in [5.74, 6) is -1.43. The molecule has 3 fully saturated rings. The van der Waals surface area contributed by atoms with Crippen molar-refractivity contribution in [1.82, 2.24) is 4.90 Å². The number of hydrogen-bond donors (Lipinski definition) is 0. The average Bonchev–Trinajstić information content (AvgIpc) is 3.65. The smallest absolute Gasteiger partial charge is 0.330 e. The van der Waals surface area contributed by atoms with Crippen LogP contribution in [-0.2, 0) is 25.5 Å². The number of allylic oxidation sites excluding steroid dienone is 2. The van der Waals surface area contributed by atoms with E-state index in [1.165, 1.54) is 0 Å². The van der Waals surface area contributed by atoms with Gasteiger partial charge >= 0.3 is 5.97 Å². The van der Waals surface area contributed by atoms with Crippen LogP contribution in [0.25, 0.3) is 0 Å². The molecule has 0 aromatic heterocycles. The van der Waals surface area contributed by atoms with Crippen LogP contribution in [0.15, 0.2) is 66.7 Å². The first kappa shape index (κ1) is 22.2. The van der Waals surface area contributed by atoms with E-state index in [1.54, 1.807) is 24.3 Å². The minimum atomic E-state index is -1.11. The van der Waals surface area contributed by atoms with Gasteiger partial charge in [-0.05, 0) is 59.9 Å². The molecular weight excluding hydrogens is 466 g/mol. The summed E-state index contributed by atoms with van der Waals surface area (Å²) in [7, 11) is 0. The molecule has 2 aromatic carbocycles. The van der Waals surface area contributed by atoms with Gasteiger partial charge < -0.3 is 4.74 Å². The Morgan fingerprint density at radius 2 is 1.51 bits per heavy atom. The molecule has 0 N–H and O–H groups in total. The van der Waals surface area contributed by atoms with Crippen molar-refractivity contribution in [2.75, 3.05) is 6.61 Å². The van der Waals surface area contributed by atoms with Crippen molar-refractivity contribution in [3.05, 3.63) is 82.9 Å². The van der Waals surface area contributed by atoms with E-state index in [2.05, 4.69) is 12.2 Å². The first-order chi connectivity index (χ1) is 16.9. The second-order valence-electron chi connectivity index (χ2n) is 9.94. The topological polar surface area (TPSA) is 80.8 Å². The van der Waals surface area contributed by atoms with Crippen molar-refractivity contribution in [2.45, 2.75) is 18.9 Å². The SMILES string of the molecule is O=C(COC(=O)[C@H](Cc1ccccc1)N1C(=O)[C@@H]2[C@H]3C=C[C@@H]([C@@H]4C[C@H]34)[C@@H]2C1=O)c1ccc(Cl)cc1. The summed E-state index contributed by atoms with van der Waals surface area (Å²) in [6.07, 6.45) is 5.41. The molecule has 7 heteroatoms. The summed E-state index contributed by atoms with van der Waals surface area (Å²) in [4.78, 5) is 54.3. The van der Waals surface area contributed by atoms with Gasteiger partial charge in [-0.15, -0.1) is 0 Å². The average molecular weight is 490 g/mol. The number of amides is 2. The lowest BCUT2D eigenvalue weighted by Crippen LogP contribution is -2.48. The van der Waals surface area contributed by atoms with Gasteiger partial charge in [0.2, 0.25) is 11.8 Å². The Balaban J connectivity index is 1.25. The van der Waals surface area contributed by atoms with Crippen LogP contribution in [0, 0.1) is 35.5 Å². The van der Waals surface area contributed by atoms with E-state index in [9.17, 15) is 19.2 Å². The number of halogens is 1. The zero-order valence-electron chi connectivity index (χ0n) is 18.9. The van der Waals surface area contributed by atoms with Crippen LogP contribution in [0.3, 0.4) is 0 Å². The van der Waals surface area contributed by atoms with Crippen LogP contribution in [0.1, 0.15) is 22.3 Å². The third kappa shape index (κ3) is 3.71. The number of ketones is 1. The third-order valence-corrected chi connectivity index (χ3v) is 8.32. The fourth-order valence-corrected chi connectivity index (χ4v) is 6.48. The first-order valence-electron chi connectivity index (χ1n) is 12.0. The van der Waals surface area contributed by atoms with Crippen LogP contribution in [0.2, 0.25) is 5.02 Å². The van der Waals surface area contributed by atoms with Gasteiger partial charge in [-0.2, -0.15) is 0 Å². The fraction of sp³-hybridized carbons (Fsp3) is 0.357. The number of imide groups is 1. The minimum absolute atomic E-state index is 0.0660. The summed E-state index contributed by atoms with van der Waals surface area (Å²) in [5, 5.41) is 0.495. The first-order valence-corrected chi connectivity index (χ1v) is 12.4. The molecule has 5 aliphatic rings. The number of carbonyl (C=O) groups is 4. The predicted molar refractivity (Wildman–Crippen MR) is 127 cm³/mol. The van der Waals surface area contributed by atoms with Crippen molar-refractivity contribution in [3.8, 4) is 0 Å². The molecule has 35 heavy (non-hydrogen) atoms. The Labute approximate surface area is 207 Å². The minimum Gasteiger partial charge on any atom is -0.456 e. The molecule has 0 spiro atoms. The lowest BCUT2D eigenvalue weighted by atomic mass is 9.63. The molecule has 0 unspecified atom stereocenters. The number of ether oxygens (including phenoxy) is 1. The van der Waals surface area contributed by atoms with Crippen molar-refractivity contribution in [1.29, 1.82) is 0 Å². The summed E-state index contributed by atoms with van der Waals surface area (Å²) in [5.41, 5.74) is 1.17. The van der Waals surface area contributed by atoms with Gasteiger partial charge in [0.25, 0.3) is 0 Å². The molecule has 1 saturated heterocycles. The van der Waals surface area contributed by atoms with Crippen molar-refractivity contribution in [2.24, 2.45) is 35.5 Å². The maximum absolute atomic E-state index is 13.6. The molecule has 2 bridgehead atoms. The summed E-state index contributed by atoms with van der Waals surface area (Å²) >= 11 is 5.88. The number of hydrogen-bond acceptors (Lipinski definition) is 5. The highest BCUT2D eigenvalue weighted by atomic mass is 35.5. The predicted octanol–water partition coefficient (Wildman–Crippen LogP) is 3.73. The van der Waals surface area contributed by atoms with E-state index < -0.39 is 30.5 Å². The molecule has 1 aliphatic heterocycles. The van der Waals surface area contributed by atoms with Gasteiger partial charge in [-0.3, -0.25) is 19.3 Å². The molecule has 2 saturated carbocycles. The monoisotopic (exact) mass is 489 g/mol. The van der Waals surface area contributed by atoms with Gasteiger partial charge in [-0.1, -0.05) is 54.1 Å². The number of nitrogens with zero attached hydrogens (tertiary/aromatic N) is 1. The Morgan fingerprint density at radius 3 is 2.11 bits per heavy atom. The Bertz CT molecular complexity index is 1200. The van der Waals surface area contributed by atoms with Crippen LogP contribution < -0.4 is 0 Å². The van der Waals surface area contributed by atoms with Crippen molar-refractivity contribution >= 4 is 35.2 Å². The van der Waals surface area contributed by atoms with E-state index in [0.29, 0.717) is 22.4 Å². The molecule has 0 radical (unpaired) electrons. The highest BCUT2D eigenvalue weighted by Gasteiger charge is 2.68. The normalized spacial score (nSPS) is 30.6. The quantitative estimate of drug-likeness (QED) is 0.256. The van der Waals surface area contributed by atoms with E-state index in [1.807, 2.05) is 30.3 Å². The Kier molecular flexibility index (Phi) is 5.37. The van der Waals surface area contributed by atoms with E-state index in [-0.39, 0.29) is 35.9 Å². The second-order valence-corrected chi connectivity index (χ2v) is 10.4. The third-order valence-electron chi connectivity index (χ3n) is 8.06. The van der Waals surface area contributed by atoms with Gasteiger partial charge in [0.1, 0.15) is 6.04 Å². The lowest BCUT2D eigenvalue weighted by Gasteiger charge is -2.37. The number of esters is 1. The molecular formula is C28H24ClNO5. The lowest BCUT2D eigenvalue weighted by molar-refractivity contribution is -0.158. The Hall–Kier alpha value is -3.25. The van der Waals surface area contributed by atoms with E-state index in [4.69, 9.17) is 16.3 Å². The number of carbonyl (C=O) groups excluding carboxylic acids is 4. The summed E-state index contributed by atoms with van der Waals surface area (Å²) in [6, 6.07) is 14.4. The highest BCUT2D eigenvalue weighted by molar-refractivity contribution is 6.30. The zero-order valence-corrected chi connectivity index (χ0v) is 19.6. The molecule has 2 aromatic rings. The maximum atomic E-state index is 13.6. The summed E-state index contributed by atoms with van der Waals surface area (Å²) < 4.78 is 5.40. The molecule has 7 atom stereocenters. The van der Waals surface area contributed by atoms with Gasteiger partial charge in [-0.25, -0.2) is 4.79 Å². The maximum Gasteiger partial charge on any atom is 0.330 e. The number of rotatable bonds is 7. The molecule has 4 aliphatic carbocycles. The number of benzene rings is 2. The Morgan fingerprint density at radius 1 is 0.914 bits per heavy atom. The van der Waals surface area contributed by atoms with E-state index in [0.717, 1.165) is 16.9 Å². The van der Waals surface area contributed by atoms with Crippen molar-refractivity contribution in [3.63, 3.8) is 0 Å². The summed E-state index contributed by atoms with van der Waals surface area (Å²) in [6.45, 7) is -0.480. The van der Waals surface area contributed by atoms with Crippen molar-refractivity contribution < 1.29 is 23.9 Å². The molecule has 2 amide bonds. The van der Waals surface area contributed by atoms with Crippen LogP contribution in [0.4, 0.5) is 0 Å². The standard InChI is InChI=1S/C28H24ClNO5/c29-17-8-6-16(7-9-17)23(31)14-35-28(34)22(12-15-4-2-1-3-5-15)30-26(32)24-18-10-11-19(21-13-20(18)21)25(24)27(30)33/h1-11,18-22,24-25H,12-14H2/t18-,19-,20-,21+,22-,24-,25+/m0/s1. The highest BCUT2D eigenvalue weighted by Crippen LogP contribution is 2.65. The van der Waals surface area contributed by atoms with Gasteiger partial charge in [0, 0.05) is 17.0 Å².